The van der Waals surface area contributed by atoms with Crippen molar-refractivity contribution in [1.29, 1.82) is 0 Å². The molecule has 8 aromatic rings. The van der Waals surface area contributed by atoms with Crippen molar-refractivity contribution in [2.45, 2.75) is 81.1 Å². The number of benzene rings is 8. The number of aryl methyl sites for hydroxylation is 8. The van der Waals surface area contributed by atoms with Gasteiger partial charge in [0.05, 0.1) is 11.4 Å². The second-order valence-electron chi connectivity index (χ2n) is 17.7. The number of hydrogen-bond donors (Lipinski definition) is 2. The summed E-state index contributed by atoms with van der Waals surface area (Å²) in [5, 5.41) is 7.85. The van der Waals surface area contributed by atoms with Gasteiger partial charge in [0, 0.05) is 46.3 Å². The molecule has 18 rings (SSSR count). The molecule has 10 heterocycles. The van der Waals surface area contributed by atoms with Crippen LogP contribution in [-0.4, -0.2) is 12.4 Å². The molecule has 0 radical (unpaired) electrons. The number of nitrogens with zero attached hydrogens (tertiary/aromatic N) is 2. The van der Waals surface area contributed by atoms with Crippen LogP contribution < -0.4 is 10.6 Å². The molecule has 0 saturated heterocycles. The molecule has 10 aliphatic heterocycles. The first kappa shape index (κ1) is 43.9. The first-order valence-corrected chi connectivity index (χ1v) is 23.7. The van der Waals surface area contributed by atoms with E-state index in [-0.39, 0.29) is 0 Å². The van der Waals surface area contributed by atoms with Crippen molar-refractivity contribution < 1.29 is 0 Å². The van der Waals surface area contributed by atoms with Crippen LogP contribution >= 0.6 is 0 Å². The fourth-order valence-electron chi connectivity index (χ4n) is 9.87. The lowest BCUT2D eigenvalue weighted by molar-refractivity contribution is 1.09. The lowest BCUT2D eigenvalue weighted by Gasteiger charge is -2.22. The fourth-order valence-corrected chi connectivity index (χ4v) is 9.87. The smallest absolute Gasteiger partial charge is 0.0688 e. The minimum absolute atomic E-state index is 0.895. The Kier molecular flexibility index (Phi) is 12.7. The molecular formula is C62H60N4. The van der Waals surface area contributed by atoms with Crippen molar-refractivity contribution in [2.24, 2.45) is 9.98 Å². The van der Waals surface area contributed by atoms with Crippen LogP contribution in [0, 0.1) is 27.7 Å². The molecule has 10 aliphatic rings. The topological polar surface area (TPSA) is 48.8 Å². The summed E-state index contributed by atoms with van der Waals surface area (Å²) in [6.07, 6.45) is 7.63. The molecule has 2 N–H and O–H groups in total. The molecule has 8 bridgehead atoms. The van der Waals surface area contributed by atoms with E-state index in [0.29, 0.717) is 0 Å². The van der Waals surface area contributed by atoms with E-state index in [0.717, 1.165) is 81.8 Å². The molecule has 0 aliphatic carbocycles. The van der Waals surface area contributed by atoms with Crippen LogP contribution in [0.2, 0.25) is 0 Å². The van der Waals surface area contributed by atoms with Crippen LogP contribution in [0.15, 0.2) is 156 Å². The van der Waals surface area contributed by atoms with Gasteiger partial charge in [0.1, 0.15) is 0 Å². The van der Waals surface area contributed by atoms with Crippen LogP contribution in [0.25, 0.3) is 44.5 Å². The molecule has 0 amide bonds. The Morgan fingerprint density at radius 2 is 0.621 bits per heavy atom. The SMILES string of the molecule is CCc1cc2cc(CC)c1Nc1ccccc1C=Nc1c(C)cc(cc1C)-c1ccccc1-c1cc(C)c(c(C)c1)N=Cc1ccccc1Nc1c(CC)cc(cc1CC)-c1ccccc1-2. The average Bonchev–Trinajstić information content (AvgIpc) is 3.34. The molecule has 4 heteroatoms. The molecule has 8 aromatic carbocycles. The molecule has 0 saturated carbocycles. The highest BCUT2D eigenvalue weighted by Gasteiger charge is 2.19. The molecule has 0 unspecified atom stereocenters. The Morgan fingerprint density at radius 1 is 0.348 bits per heavy atom. The third-order valence-electron chi connectivity index (χ3n) is 13.3. The summed E-state index contributed by atoms with van der Waals surface area (Å²) in [5.41, 5.74) is 27.9. The highest BCUT2D eigenvalue weighted by atomic mass is 14.9. The van der Waals surface area contributed by atoms with Crippen molar-refractivity contribution in [3.05, 3.63) is 201 Å². The first-order chi connectivity index (χ1) is 32.2. The normalized spacial score (nSPS) is 12.0. The van der Waals surface area contributed by atoms with E-state index in [2.05, 4.69) is 212 Å². The van der Waals surface area contributed by atoms with Crippen LogP contribution in [-0.2, 0) is 25.7 Å². The molecule has 4 nitrogen and oxygen atoms in total. The van der Waals surface area contributed by atoms with E-state index in [1.807, 2.05) is 12.4 Å². The highest BCUT2D eigenvalue weighted by molar-refractivity contribution is 5.95. The maximum absolute atomic E-state index is 5.19. The predicted octanol–water partition coefficient (Wildman–Crippen LogP) is 17.1. The maximum Gasteiger partial charge on any atom is 0.0688 e. The monoisotopic (exact) mass is 860 g/mol. The van der Waals surface area contributed by atoms with Gasteiger partial charge in [0.2, 0.25) is 0 Å². The van der Waals surface area contributed by atoms with Crippen molar-refractivity contribution in [2.75, 3.05) is 10.6 Å². The molecule has 0 aromatic heterocycles. The largest absolute Gasteiger partial charge is 0.355 e. The maximum atomic E-state index is 5.19. The standard InChI is InChI=1S/C62H60N4/c1-9-43-33-51-34-44(10-2)61(43)65-57-27-19-13-21-47(57)37-63-59-39(5)29-49(30-40(59)6)53-23-15-16-24-54(53)50-31-41(7)60(42(8)32-50)64-38-48-22-14-20-28-58(48)66-62-45(11-3)35-52(36-46(62)12-4)56-26-18-17-25-55(51)56/h13-38,65-66H,9-12H2,1-8H3. The van der Waals surface area contributed by atoms with Gasteiger partial charge in [-0.15, -0.1) is 0 Å². The van der Waals surface area contributed by atoms with Gasteiger partial charge in [-0.3, -0.25) is 9.98 Å². The van der Waals surface area contributed by atoms with E-state index in [4.69, 9.17) is 9.98 Å². The highest BCUT2D eigenvalue weighted by Crippen LogP contribution is 2.42. The third-order valence-corrected chi connectivity index (χ3v) is 13.3. The summed E-state index contributed by atoms with van der Waals surface area (Å²) in [6.45, 7) is 17.7. The van der Waals surface area contributed by atoms with Gasteiger partial charge in [-0.05, 0) is 203 Å². The minimum Gasteiger partial charge on any atom is -0.355 e. The third kappa shape index (κ3) is 8.64. The van der Waals surface area contributed by atoms with E-state index in [9.17, 15) is 0 Å². The number of para-hydroxylation sites is 2. The summed E-state index contributed by atoms with van der Waals surface area (Å²) in [4.78, 5) is 10.4. The summed E-state index contributed by atoms with van der Waals surface area (Å²) >= 11 is 0. The van der Waals surface area contributed by atoms with Gasteiger partial charge in [-0.25, -0.2) is 0 Å². The number of rotatable bonds is 4. The van der Waals surface area contributed by atoms with E-state index in [1.165, 1.54) is 78.1 Å². The van der Waals surface area contributed by atoms with Gasteiger partial charge in [-0.1, -0.05) is 113 Å². The second kappa shape index (κ2) is 19.0. The molecule has 0 fully saturated rings. The van der Waals surface area contributed by atoms with Gasteiger partial charge in [0.25, 0.3) is 0 Å². The van der Waals surface area contributed by atoms with E-state index in [1.54, 1.807) is 0 Å². The number of nitrogens with one attached hydrogen (secondary N) is 2. The lowest BCUT2D eigenvalue weighted by atomic mass is 9.88. The molecule has 0 atom stereocenters. The van der Waals surface area contributed by atoms with E-state index < -0.39 is 0 Å². The number of hydrogen-bond acceptors (Lipinski definition) is 4. The quantitative estimate of drug-likeness (QED) is 0.185. The second-order valence-corrected chi connectivity index (χ2v) is 17.7. The first-order valence-electron chi connectivity index (χ1n) is 23.7. The van der Waals surface area contributed by atoms with Gasteiger partial charge >= 0.3 is 0 Å². The Hall–Kier alpha value is -7.30. The molecule has 328 valence electrons. The lowest BCUT2D eigenvalue weighted by Crippen LogP contribution is -2.04. The Bertz CT molecular complexity index is 2870. The summed E-state index contributed by atoms with van der Waals surface area (Å²) in [6, 6.07) is 53.4. The molecule has 66 heavy (non-hydrogen) atoms. The zero-order chi connectivity index (χ0) is 45.9. The van der Waals surface area contributed by atoms with Crippen LogP contribution in [0.4, 0.5) is 34.1 Å². The van der Waals surface area contributed by atoms with Gasteiger partial charge in [-0.2, -0.15) is 0 Å². The van der Waals surface area contributed by atoms with Gasteiger partial charge < -0.3 is 10.6 Å². The zero-order valence-electron chi connectivity index (χ0n) is 39.7. The molecular weight excluding hydrogens is 801 g/mol. The van der Waals surface area contributed by atoms with Crippen LogP contribution in [0.1, 0.15) is 83.3 Å². The predicted molar refractivity (Wildman–Crippen MR) is 285 cm³/mol. The Labute approximate surface area is 392 Å². The summed E-state index contributed by atoms with van der Waals surface area (Å²) in [7, 11) is 0. The number of anilines is 4. The van der Waals surface area contributed by atoms with Crippen LogP contribution in [0.5, 0.6) is 0 Å². The van der Waals surface area contributed by atoms with E-state index >= 15 is 0 Å². The Balaban J connectivity index is 1.24. The van der Waals surface area contributed by atoms with Crippen LogP contribution in [0.3, 0.4) is 0 Å². The fraction of sp³-hybridized carbons (Fsp3) is 0.194. The van der Waals surface area contributed by atoms with Crippen molar-refractivity contribution in [3.63, 3.8) is 0 Å². The molecule has 0 spiro atoms. The summed E-state index contributed by atoms with van der Waals surface area (Å²) in [5.74, 6) is 0. The summed E-state index contributed by atoms with van der Waals surface area (Å²) < 4.78 is 0. The van der Waals surface area contributed by atoms with Gasteiger partial charge in [0.15, 0.2) is 0 Å². The zero-order valence-corrected chi connectivity index (χ0v) is 39.7. The average molecular weight is 861 g/mol. The minimum atomic E-state index is 0.895. The number of aliphatic imine (C=N–C) groups is 2. The van der Waals surface area contributed by atoms with Crippen molar-refractivity contribution in [1.82, 2.24) is 0 Å². The Morgan fingerprint density at radius 3 is 0.924 bits per heavy atom. The van der Waals surface area contributed by atoms with Crippen molar-refractivity contribution in [3.8, 4) is 44.5 Å². The van der Waals surface area contributed by atoms with Crippen molar-refractivity contribution >= 4 is 46.6 Å².